The molecule has 0 radical (unpaired) electrons. The van der Waals surface area contributed by atoms with Crippen LogP contribution in [0.25, 0.3) is 0 Å². The van der Waals surface area contributed by atoms with Crippen molar-refractivity contribution >= 4 is 29.1 Å². The molecule has 0 aliphatic carbocycles. The molecule has 138 valence electrons. The molecule has 0 unspecified atom stereocenters. The predicted octanol–water partition coefficient (Wildman–Crippen LogP) is 3.68. The van der Waals surface area contributed by atoms with Crippen molar-refractivity contribution in [3.63, 3.8) is 0 Å². The number of carboxylic acids is 1. The maximum Gasteiger partial charge on any atom is 0.335 e. The van der Waals surface area contributed by atoms with Crippen molar-refractivity contribution in [1.29, 1.82) is 0 Å². The molecule has 0 saturated heterocycles. The van der Waals surface area contributed by atoms with Crippen molar-refractivity contribution in [2.45, 2.75) is 0 Å². The van der Waals surface area contributed by atoms with Gasteiger partial charge in [0.25, 0.3) is 0 Å². The number of aromatic carboxylic acids is 1. The first-order valence-electron chi connectivity index (χ1n) is 8.01. The fourth-order valence-corrected chi connectivity index (χ4v) is 2.36. The Balaban J connectivity index is 1.78. The van der Waals surface area contributed by atoms with Crippen LogP contribution in [-0.4, -0.2) is 35.3 Å². The minimum Gasteiger partial charge on any atom is -0.497 e. The zero-order valence-electron chi connectivity index (χ0n) is 14.8. The summed E-state index contributed by atoms with van der Waals surface area (Å²) in [6.07, 6.45) is 1.61. The van der Waals surface area contributed by atoms with Crippen LogP contribution in [0, 0.1) is 0 Å². The standard InChI is InChI=1S/C19H18N4O4/c1-26-14-7-8-16(27-2)15(11-14)22-19-20-10-9-17(23-19)21-13-5-3-12(4-6-13)18(24)25/h3-11H,1-2H3,(H,24,25)(H2,20,21,22,23). The van der Waals surface area contributed by atoms with Crippen LogP contribution in [0.2, 0.25) is 0 Å². The third-order valence-corrected chi connectivity index (χ3v) is 3.71. The fourth-order valence-electron chi connectivity index (χ4n) is 2.36. The van der Waals surface area contributed by atoms with Gasteiger partial charge in [-0.3, -0.25) is 0 Å². The molecular formula is C19H18N4O4. The summed E-state index contributed by atoms with van der Waals surface area (Å²) < 4.78 is 10.6. The van der Waals surface area contributed by atoms with E-state index in [4.69, 9.17) is 14.6 Å². The monoisotopic (exact) mass is 366 g/mol. The molecular weight excluding hydrogens is 348 g/mol. The quantitative estimate of drug-likeness (QED) is 0.581. The van der Waals surface area contributed by atoms with Crippen molar-refractivity contribution in [2.75, 3.05) is 24.9 Å². The van der Waals surface area contributed by atoms with Crippen molar-refractivity contribution in [2.24, 2.45) is 0 Å². The van der Waals surface area contributed by atoms with Gasteiger partial charge in [0.15, 0.2) is 0 Å². The molecule has 0 aliphatic rings. The van der Waals surface area contributed by atoms with E-state index >= 15 is 0 Å². The van der Waals surface area contributed by atoms with Gasteiger partial charge in [-0.15, -0.1) is 0 Å². The Bertz CT molecular complexity index is 945. The van der Waals surface area contributed by atoms with Crippen LogP contribution < -0.4 is 20.1 Å². The summed E-state index contributed by atoms with van der Waals surface area (Å²) in [6.45, 7) is 0. The number of anilines is 4. The van der Waals surface area contributed by atoms with Gasteiger partial charge in [-0.05, 0) is 42.5 Å². The molecule has 1 heterocycles. The van der Waals surface area contributed by atoms with Crippen molar-refractivity contribution in [1.82, 2.24) is 9.97 Å². The van der Waals surface area contributed by atoms with Gasteiger partial charge in [0.05, 0.1) is 25.5 Å². The number of nitrogens with one attached hydrogen (secondary N) is 2. The van der Waals surface area contributed by atoms with Crippen LogP contribution in [0.4, 0.5) is 23.1 Å². The number of hydrogen-bond acceptors (Lipinski definition) is 7. The molecule has 3 N–H and O–H groups in total. The van der Waals surface area contributed by atoms with Crippen molar-refractivity contribution in [3.8, 4) is 11.5 Å². The lowest BCUT2D eigenvalue weighted by molar-refractivity contribution is 0.0697. The first-order chi connectivity index (χ1) is 13.1. The minimum atomic E-state index is -0.970. The van der Waals surface area contributed by atoms with E-state index < -0.39 is 5.97 Å². The molecule has 27 heavy (non-hydrogen) atoms. The highest BCUT2D eigenvalue weighted by molar-refractivity contribution is 5.88. The van der Waals surface area contributed by atoms with Crippen LogP contribution in [-0.2, 0) is 0 Å². The summed E-state index contributed by atoms with van der Waals surface area (Å²) in [5.41, 5.74) is 1.60. The lowest BCUT2D eigenvalue weighted by atomic mass is 10.2. The normalized spacial score (nSPS) is 10.1. The van der Waals surface area contributed by atoms with Gasteiger partial charge in [0.2, 0.25) is 5.95 Å². The number of rotatable bonds is 7. The molecule has 8 nitrogen and oxygen atoms in total. The molecule has 0 aliphatic heterocycles. The van der Waals surface area contributed by atoms with Gasteiger partial charge in [-0.1, -0.05) is 0 Å². The average molecular weight is 366 g/mol. The van der Waals surface area contributed by atoms with Gasteiger partial charge in [-0.25, -0.2) is 9.78 Å². The Kier molecular flexibility index (Phi) is 5.36. The van der Waals surface area contributed by atoms with E-state index in [0.717, 1.165) is 0 Å². The minimum absolute atomic E-state index is 0.218. The number of ether oxygens (including phenoxy) is 2. The first kappa shape index (κ1) is 18.0. The Labute approximate surface area is 155 Å². The van der Waals surface area contributed by atoms with Crippen LogP contribution in [0.15, 0.2) is 54.7 Å². The third kappa shape index (κ3) is 4.43. The summed E-state index contributed by atoms with van der Waals surface area (Å²) in [5.74, 6) is 1.25. The average Bonchev–Trinajstić information content (AvgIpc) is 2.68. The number of methoxy groups -OCH3 is 2. The number of nitrogens with zero attached hydrogens (tertiary/aromatic N) is 2. The Morgan fingerprint density at radius 3 is 2.44 bits per heavy atom. The zero-order valence-corrected chi connectivity index (χ0v) is 14.8. The zero-order chi connectivity index (χ0) is 19.2. The van der Waals surface area contributed by atoms with Gasteiger partial charge in [0.1, 0.15) is 17.3 Å². The Morgan fingerprint density at radius 2 is 1.78 bits per heavy atom. The van der Waals surface area contributed by atoms with Gasteiger partial charge in [-0.2, -0.15) is 4.98 Å². The first-order valence-corrected chi connectivity index (χ1v) is 8.01. The molecule has 3 rings (SSSR count). The molecule has 1 aromatic heterocycles. The molecule has 3 aromatic rings. The Hall–Kier alpha value is -3.81. The van der Waals surface area contributed by atoms with Gasteiger partial charge < -0.3 is 25.2 Å². The topological polar surface area (TPSA) is 106 Å². The molecule has 0 saturated carbocycles. The van der Waals surface area contributed by atoms with Crippen LogP contribution >= 0.6 is 0 Å². The predicted molar refractivity (Wildman–Crippen MR) is 102 cm³/mol. The van der Waals surface area contributed by atoms with Crippen molar-refractivity contribution < 1.29 is 19.4 Å². The second kappa shape index (κ2) is 8.05. The number of carboxylic acid groups (broad SMARTS) is 1. The van der Waals surface area contributed by atoms with E-state index in [2.05, 4.69) is 20.6 Å². The fraction of sp³-hybridized carbons (Fsp3) is 0.105. The van der Waals surface area contributed by atoms with Gasteiger partial charge >= 0.3 is 5.97 Å². The molecule has 2 aromatic carbocycles. The van der Waals surface area contributed by atoms with E-state index in [-0.39, 0.29) is 5.56 Å². The summed E-state index contributed by atoms with van der Waals surface area (Å²) in [5, 5.41) is 15.2. The lowest BCUT2D eigenvalue weighted by Gasteiger charge is -2.12. The van der Waals surface area contributed by atoms with Crippen molar-refractivity contribution in [3.05, 3.63) is 60.3 Å². The van der Waals surface area contributed by atoms with E-state index in [1.54, 1.807) is 56.8 Å². The summed E-state index contributed by atoms with van der Waals surface area (Å²) in [4.78, 5) is 19.5. The van der Waals surface area contributed by atoms with Crippen LogP contribution in [0.1, 0.15) is 10.4 Å². The summed E-state index contributed by atoms with van der Waals surface area (Å²) in [6, 6.07) is 13.5. The number of carbonyl (C=O) groups is 1. The van der Waals surface area contributed by atoms with E-state index in [1.165, 1.54) is 12.1 Å². The smallest absolute Gasteiger partial charge is 0.335 e. The highest BCUT2D eigenvalue weighted by atomic mass is 16.5. The Morgan fingerprint density at radius 1 is 1.00 bits per heavy atom. The van der Waals surface area contributed by atoms with E-state index in [9.17, 15) is 4.79 Å². The number of benzene rings is 2. The van der Waals surface area contributed by atoms with Crippen LogP contribution in [0.5, 0.6) is 11.5 Å². The molecule has 0 fully saturated rings. The van der Waals surface area contributed by atoms with Gasteiger partial charge in [0, 0.05) is 18.0 Å². The second-order valence-electron chi connectivity index (χ2n) is 5.46. The molecule has 0 bridgehead atoms. The number of hydrogen-bond donors (Lipinski definition) is 3. The summed E-state index contributed by atoms with van der Waals surface area (Å²) >= 11 is 0. The molecule has 0 spiro atoms. The molecule has 0 atom stereocenters. The maximum absolute atomic E-state index is 10.9. The highest BCUT2D eigenvalue weighted by Gasteiger charge is 2.08. The van der Waals surface area contributed by atoms with E-state index in [0.29, 0.717) is 34.6 Å². The SMILES string of the molecule is COc1ccc(OC)c(Nc2nccc(Nc3ccc(C(=O)O)cc3)n2)c1. The lowest BCUT2D eigenvalue weighted by Crippen LogP contribution is -2.02. The van der Waals surface area contributed by atoms with Crippen LogP contribution in [0.3, 0.4) is 0 Å². The highest BCUT2D eigenvalue weighted by Crippen LogP contribution is 2.30. The third-order valence-electron chi connectivity index (χ3n) is 3.71. The largest absolute Gasteiger partial charge is 0.497 e. The maximum atomic E-state index is 10.9. The summed E-state index contributed by atoms with van der Waals surface area (Å²) in [7, 11) is 3.16. The second-order valence-corrected chi connectivity index (χ2v) is 5.46. The molecule has 8 heteroatoms. The van der Waals surface area contributed by atoms with E-state index in [1.807, 2.05) is 0 Å². The number of aromatic nitrogens is 2. The molecule has 0 amide bonds.